The highest BCUT2D eigenvalue weighted by atomic mass is 79.9. The summed E-state index contributed by atoms with van der Waals surface area (Å²) in [6, 6.07) is 9.58. The molecule has 1 aromatic rings. The number of halogens is 1. The van der Waals surface area contributed by atoms with Gasteiger partial charge in [0.05, 0.1) is 13.0 Å². The fourth-order valence-corrected chi connectivity index (χ4v) is 2.89. The van der Waals surface area contributed by atoms with Crippen LogP contribution in [-0.4, -0.2) is 24.4 Å². The van der Waals surface area contributed by atoms with Crippen molar-refractivity contribution < 1.29 is 9.53 Å². The molecule has 1 aliphatic carbocycles. The van der Waals surface area contributed by atoms with Gasteiger partial charge < -0.3 is 10.1 Å². The molecule has 2 rings (SSSR count). The number of carbonyl (C=O) groups is 1. The van der Waals surface area contributed by atoms with E-state index in [2.05, 4.69) is 21.2 Å². The van der Waals surface area contributed by atoms with Gasteiger partial charge in [0, 0.05) is 11.9 Å². The van der Waals surface area contributed by atoms with E-state index in [-0.39, 0.29) is 5.91 Å². The Morgan fingerprint density at radius 3 is 2.68 bits per heavy atom. The number of alkyl halides is 1. The molecular formula is C15H20BrNO2. The number of para-hydroxylation sites is 1. The molecule has 0 saturated heterocycles. The second kappa shape index (κ2) is 6.94. The molecule has 0 radical (unpaired) electrons. The molecule has 0 spiro atoms. The lowest BCUT2D eigenvalue weighted by molar-refractivity contribution is -0.121. The highest BCUT2D eigenvalue weighted by Crippen LogP contribution is 2.48. The van der Waals surface area contributed by atoms with Gasteiger partial charge in [0.25, 0.3) is 0 Å². The highest BCUT2D eigenvalue weighted by molar-refractivity contribution is 9.09. The van der Waals surface area contributed by atoms with Gasteiger partial charge in [0.1, 0.15) is 5.75 Å². The van der Waals surface area contributed by atoms with E-state index >= 15 is 0 Å². The van der Waals surface area contributed by atoms with Gasteiger partial charge in [-0.3, -0.25) is 4.79 Å². The third-order valence-electron chi connectivity index (χ3n) is 3.58. The van der Waals surface area contributed by atoms with Gasteiger partial charge in [-0.2, -0.15) is 0 Å². The van der Waals surface area contributed by atoms with E-state index < -0.39 is 0 Å². The summed E-state index contributed by atoms with van der Waals surface area (Å²) in [4.78, 5) is 11.7. The summed E-state index contributed by atoms with van der Waals surface area (Å²) >= 11 is 3.47. The molecule has 19 heavy (non-hydrogen) atoms. The molecule has 4 heteroatoms. The van der Waals surface area contributed by atoms with E-state index in [1.165, 1.54) is 12.8 Å². The third-order valence-corrected chi connectivity index (χ3v) is 3.98. The van der Waals surface area contributed by atoms with Gasteiger partial charge in [-0.25, -0.2) is 0 Å². The second-order valence-corrected chi connectivity index (χ2v) is 5.92. The van der Waals surface area contributed by atoms with Crippen molar-refractivity contribution in [3.05, 3.63) is 30.3 Å². The number of carbonyl (C=O) groups excluding carboxylic acids is 1. The Morgan fingerprint density at radius 2 is 2.05 bits per heavy atom. The lowest BCUT2D eigenvalue weighted by Crippen LogP contribution is -2.31. The lowest BCUT2D eigenvalue weighted by atomic mass is 10.0. The Bertz CT molecular complexity index is 404. The molecule has 1 fully saturated rings. The van der Waals surface area contributed by atoms with Crippen LogP contribution in [0.2, 0.25) is 0 Å². The fourth-order valence-electron chi connectivity index (χ4n) is 2.05. The third kappa shape index (κ3) is 4.86. The SMILES string of the molecule is O=C(CCOc1ccccc1)NCC1(CCBr)CC1. The van der Waals surface area contributed by atoms with E-state index in [1.54, 1.807) is 0 Å². The monoisotopic (exact) mass is 325 g/mol. The van der Waals surface area contributed by atoms with Crippen LogP contribution in [0.15, 0.2) is 30.3 Å². The van der Waals surface area contributed by atoms with Crippen molar-refractivity contribution >= 4 is 21.8 Å². The van der Waals surface area contributed by atoms with Crippen molar-refractivity contribution in [2.45, 2.75) is 25.7 Å². The van der Waals surface area contributed by atoms with Gasteiger partial charge in [-0.05, 0) is 36.8 Å². The molecular weight excluding hydrogens is 306 g/mol. The summed E-state index contributed by atoms with van der Waals surface area (Å²) < 4.78 is 5.50. The van der Waals surface area contributed by atoms with E-state index in [1.807, 2.05) is 30.3 Å². The number of amides is 1. The number of hydrogen-bond acceptors (Lipinski definition) is 2. The Labute approximate surface area is 122 Å². The first kappa shape index (κ1) is 14.4. The number of nitrogens with one attached hydrogen (secondary N) is 1. The Kier molecular flexibility index (Phi) is 5.25. The Balaban J connectivity index is 1.60. The molecule has 1 saturated carbocycles. The summed E-state index contributed by atoms with van der Waals surface area (Å²) in [7, 11) is 0. The smallest absolute Gasteiger partial charge is 0.223 e. The van der Waals surface area contributed by atoms with Crippen LogP contribution in [0.5, 0.6) is 5.75 Å². The maximum Gasteiger partial charge on any atom is 0.223 e. The largest absolute Gasteiger partial charge is 0.493 e. The van der Waals surface area contributed by atoms with Gasteiger partial charge in [0.2, 0.25) is 5.91 Å². The molecule has 104 valence electrons. The number of ether oxygens (including phenoxy) is 1. The average Bonchev–Trinajstić information content (AvgIpc) is 3.19. The zero-order valence-corrected chi connectivity index (χ0v) is 12.6. The van der Waals surface area contributed by atoms with Crippen molar-refractivity contribution in [3.63, 3.8) is 0 Å². The lowest BCUT2D eigenvalue weighted by Gasteiger charge is -2.14. The van der Waals surface area contributed by atoms with Crippen molar-refractivity contribution in [1.29, 1.82) is 0 Å². The van der Waals surface area contributed by atoms with Crippen LogP contribution in [0.3, 0.4) is 0 Å². The molecule has 0 aliphatic heterocycles. The number of benzene rings is 1. The summed E-state index contributed by atoms with van der Waals surface area (Å²) in [6.07, 6.45) is 4.03. The van der Waals surface area contributed by atoms with E-state index in [9.17, 15) is 4.79 Å². The fraction of sp³-hybridized carbons (Fsp3) is 0.533. The van der Waals surface area contributed by atoms with Crippen LogP contribution in [0.4, 0.5) is 0 Å². The van der Waals surface area contributed by atoms with Crippen molar-refractivity contribution in [2.75, 3.05) is 18.5 Å². The minimum atomic E-state index is 0.0804. The predicted octanol–water partition coefficient (Wildman–Crippen LogP) is 3.14. The zero-order valence-electron chi connectivity index (χ0n) is 11.0. The quantitative estimate of drug-likeness (QED) is 0.746. The van der Waals surface area contributed by atoms with Crippen LogP contribution in [0.25, 0.3) is 0 Å². The molecule has 0 atom stereocenters. The molecule has 1 amide bonds. The second-order valence-electron chi connectivity index (χ2n) is 5.13. The number of rotatable bonds is 8. The van der Waals surface area contributed by atoms with Crippen LogP contribution in [0, 0.1) is 5.41 Å². The van der Waals surface area contributed by atoms with Gasteiger partial charge in [0.15, 0.2) is 0 Å². The molecule has 1 aliphatic rings. The molecule has 1 N–H and O–H groups in total. The predicted molar refractivity (Wildman–Crippen MR) is 79.6 cm³/mol. The van der Waals surface area contributed by atoms with Crippen LogP contribution in [0.1, 0.15) is 25.7 Å². The van der Waals surface area contributed by atoms with E-state index in [0.717, 1.165) is 24.0 Å². The van der Waals surface area contributed by atoms with Crippen molar-refractivity contribution in [2.24, 2.45) is 5.41 Å². The van der Waals surface area contributed by atoms with Crippen LogP contribution >= 0.6 is 15.9 Å². The van der Waals surface area contributed by atoms with E-state index in [0.29, 0.717) is 18.4 Å². The van der Waals surface area contributed by atoms with Crippen molar-refractivity contribution in [1.82, 2.24) is 5.32 Å². The zero-order chi connectivity index (χ0) is 13.6. The maximum atomic E-state index is 11.7. The van der Waals surface area contributed by atoms with Gasteiger partial charge in [-0.15, -0.1) is 0 Å². The Hall–Kier alpha value is -1.03. The van der Waals surface area contributed by atoms with Crippen LogP contribution < -0.4 is 10.1 Å². The Morgan fingerprint density at radius 1 is 1.32 bits per heavy atom. The highest BCUT2D eigenvalue weighted by Gasteiger charge is 2.41. The first-order valence-electron chi connectivity index (χ1n) is 6.75. The standard InChI is InChI=1S/C15H20BrNO2/c16-10-9-15(7-8-15)12-17-14(18)6-11-19-13-4-2-1-3-5-13/h1-5H,6-12H2,(H,17,18). The molecule has 0 unspecified atom stereocenters. The van der Waals surface area contributed by atoms with E-state index in [4.69, 9.17) is 4.74 Å². The molecule has 0 bridgehead atoms. The molecule has 0 aromatic heterocycles. The van der Waals surface area contributed by atoms with Crippen LogP contribution in [-0.2, 0) is 4.79 Å². The average molecular weight is 326 g/mol. The maximum absolute atomic E-state index is 11.7. The summed E-state index contributed by atoms with van der Waals surface area (Å²) in [5.74, 6) is 0.894. The first-order valence-corrected chi connectivity index (χ1v) is 7.87. The minimum absolute atomic E-state index is 0.0804. The van der Waals surface area contributed by atoms with Gasteiger partial charge >= 0.3 is 0 Å². The molecule has 0 heterocycles. The summed E-state index contributed by atoms with van der Waals surface area (Å²) in [5, 5.41) is 4.03. The first-order chi connectivity index (χ1) is 9.24. The number of hydrogen-bond donors (Lipinski definition) is 1. The molecule has 3 nitrogen and oxygen atoms in total. The molecule has 1 aromatic carbocycles. The normalized spacial score (nSPS) is 15.8. The summed E-state index contributed by atoms with van der Waals surface area (Å²) in [5.41, 5.74) is 0.374. The topological polar surface area (TPSA) is 38.3 Å². The van der Waals surface area contributed by atoms with Gasteiger partial charge in [-0.1, -0.05) is 34.1 Å². The summed E-state index contributed by atoms with van der Waals surface area (Å²) in [6.45, 7) is 1.24. The minimum Gasteiger partial charge on any atom is -0.493 e. The van der Waals surface area contributed by atoms with Crippen molar-refractivity contribution in [3.8, 4) is 5.75 Å².